The zero-order valence-electron chi connectivity index (χ0n) is 15.5. The Morgan fingerprint density at radius 3 is 2.69 bits per heavy atom. The van der Waals surface area contributed by atoms with Gasteiger partial charge in [-0.2, -0.15) is 5.10 Å². The summed E-state index contributed by atoms with van der Waals surface area (Å²) in [5.41, 5.74) is 2.47. The molecule has 0 aliphatic carbocycles. The van der Waals surface area contributed by atoms with Gasteiger partial charge in [0.1, 0.15) is 0 Å². The molecule has 0 radical (unpaired) electrons. The summed E-state index contributed by atoms with van der Waals surface area (Å²) in [7, 11) is 1.96. The minimum Gasteiger partial charge on any atom is -0.333 e. The zero-order valence-corrected chi connectivity index (χ0v) is 15.5. The molecule has 1 spiro atoms. The van der Waals surface area contributed by atoms with Crippen molar-refractivity contribution in [2.24, 2.45) is 7.05 Å². The van der Waals surface area contributed by atoms with Crippen molar-refractivity contribution in [3.05, 3.63) is 48.0 Å². The predicted molar refractivity (Wildman–Crippen MR) is 99.1 cm³/mol. The summed E-state index contributed by atoms with van der Waals surface area (Å²) in [5.74, 6) is 0.308. The first-order valence-corrected chi connectivity index (χ1v) is 9.54. The number of nitrogens with zero attached hydrogens (tertiary/aromatic N) is 5. The number of aromatic nitrogens is 3. The summed E-state index contributed by atoms with van der Waals surface area (Å²) in [4.78, 5) is 21.4. The quantitative estimate of drug-likeness (QED) is 0.847. The highest BCUT2D eigenvalue weighted by Crippen LogP contribution is 2.40. The third kappa shape index (κ3) is 3.51. The van der Waals surface area contributed by atoms with Crippen molar-refractivity contribution in [2.45, 2.75) is 50.7 Å². The molecule has 1 amide bonds. The Hall–Kier alpha value is -2.21. The van der Waals surface area contributed by atoms with Crippen LogP contribution in [0.5, 0.6) is 0 Å². The van der Waals surface area contributed by atoms with E-state index in [2.05, 4.69) is 26.1 Å². The Kier molecular flexibility index (Phi) is 4.76. The zero-order chi connectivity index (χ0) is 18.0. The van der Waals surface area contributed by atoms with Crippen molar-refractivity contribution in [3.63, 3.8) is 0 Å². The second-order valence-electron chi connectivity index (χ2n) is 7.71. The van der Waals surface area contributed by atoms with Crippen LogP contribution < -0.4 is 0 Å². The van der Waals surface area contributed by atoms with Crippen LogP contribution in [-0.4, -0.2) is 49.1 Å². The van der Waals surface area contributed by atoms with E-state index in [9.17, 15) is 4.79 Å². The fourth-order valence-corrected chi connectivity index (χ4v) is 4.53. The number of carbonyl (C=O) groups is 1. The number of pyridine rings is 1. The lowest BCUT2D eigenvalue weighted by Crippen LogP contribution is -2.45. The standard InChI is InChI=1S/C20H27N5O/c1-23-14-18(13-22-23)15-24-11-2-6-20(8-12-24)7-3-19(26)25(20)16-17-4-9-21-10-5-17/h4-5,9-10,13-14H,2-3,6-8,11-12,15-16H2,1H3/t20-/m0/s1. The van der Waals surface area contributed by atoms with Gasteiger partial charge >= 0.3 is 0 Å². The molecular formula is C20H27N5O. The topological polar surface area (TPSA) is 54.3 Å². The van der Waals surface area contributed by atoms with Crippen molar-refractivity contribution in [1.29, 1.82) is 0 Å². The van der Waals surface area contributed by atoms with Crippen LogP contribution in [-0.2, 0) is 24.9 Å². The third-order valence-electron chi connectivity index (χ3n) is 5.94. The number of hydrogen-bond acceptors (Lipinski definition) is 4. The highest BCUT2D eigenvalue weighted by molar-refractivity contribution is 5.79. The van der Waals surface area contributed by atoms with Crippen LogP contribution in [0.2, 0.25) is 0 Å². The molecule has 2 aromatic rings. The predicted octanol–water partition coefficient (Wildman–Crippen LogP) is 2.36. The van der Waals surface area contributed by atoms with E-state index < -0.39 is 0 Å². The van der Waals surface area contributed by atoms with Gasteiger partial charge in [0, 0.05) is 62.8 Å². The Morgan fingerprint density at radius 2 is 1.92 bits per heavy atom. The molecule has 26 heavy (non-hydrogen) atoms. The summed E-state index contributed by atoms with van der Waals surface area (Å²) in [5, 5.41) is 4.28. The van der Waals surface area contributed by atoms with E-state index in [0.717, 1.165) is 45.3 Å². The molecule has 1 atom stereocenters. The maximum absolute atomic E-state index is 12.6. The van der Waals surface area contributed by atoms with Crippen LogP contribution in [0.1, 0.15) is 43.2 Å². The van der Waals surface area contributed by atoms with E-state index in [1.807, 2.05) is 42.5 Å². The Morgan fingerprint density at radius 1 is 1.08 bits per heavy atom. The largest absolute Gasteiger partial charge is 0.333 e. The molecular weight excluding hydrogens is 326 g/mol. The van der Waals surface area contributed by atoms with Crippen LogP contribution >= 0.6 is 0 Å². The van der Waals surface area contributed by atoms with E-state index in [-0.39, 0.29) is 5.54 Å². The number of amides is 1. The molecule has 2 aliphatic rings. The molecule has 0 N–H and O–H groups in total. The number of aryl methyl sites for hydroxylation is 1. The van der Waals surface area contributed by atoms with Gasteiger partial charge in [0.25, 0.3) is 0 Å². The summed E-state index contributed by atoms with van der Waals surface area (Å²) in [6.07, 6.45) is 12.7. The van der Waals surface area contributed by atoms with Gasteiger partial charge in [-0.25, -0.2) is 0 Å². The molecule has 0 unspecified atom stereocenters. The first-order chi connectivity index (χ1) is 12.6. The van der Waals surface area contributed by atoms with Crippen LogP contribution in [0, 0.1) is 0 Å². The van der Waals surface area contributed by atoms with Gasteiger partial charge in [-0.05, 0) is 49.9 Å². The fourth-order valence-electron chi connectivity index (χ4n) is 4.53. The minimum absolute atomic E-state index is 0.0318. The summed E-state index contributed by atoms with van der Waals surface area (Å²) >= 11 is 0. The SMILES string of the molecule is Cn1cc(CN2CCC[C@]3(CCC(=O)N3Cc3ccncc3)CC2)cn1. The van der Waals surface area contributed by atoms with Crippen LogP contribution in [0.4, 0.5) is 0 Å². The maximum Gasteiger partial charge on any atom is 0.223 e. The normalized spacial score (nSPS) is 24.3. The van der Waals surface area contributed by atoms with E-state index in [1.165, 1.54) is 11.1 Å². The van der Waals surface area contributed by atoms with Crippen molar-refractivity contribution in [2.75, 3.05) is 13.1 Å². The number of rotatable bonds is 4. The fraction of sp³-hybridized carbons (Fsp3) is 0.550. The van der Waals surface area contributed by atoms with Crippen LogP contribution in [0.15, 0.2) is 36.9 Å². The molecule has 2 aromatic heterocycles. The maximum atomic E-state index is 12.6. The van der Waals surface area contributed by atoms with Crippen molar-refractivity contribution in [1.82, 2.24) is 24.6 Å². The van der Waals surface area contributed by atoms with Gasteiger partial charge in [0.15, 0.2) is 0 Å². The second kappa shape index (κ2) is 7.19. The summed E-state index contributed by atoms with van der Waals surface area (Å²) in [6.45, 7) is 3.79. The lowest BCUT2D eigenvalue weighted by molar-refractivity contribution is -0.132. The monoisotopic (exact) mass is 353 g/mol. The Bertz CT molecular complexity index is 759. The lowest BCUT2D eigenvalue weighted by Gasteiger charge is -2.38. The Labute approximate surface area is 154 Å². The number of likely N-dealkylation sites (tertiary alicyclic amines) is 2. The second-order valence-corrected chi connectivity index (χ2v) is 7.71. The van der Waals surface area contributed by atoms with Gasteiger partial charge in [0.2, 0.25) is 5.91 Å². The molecule has 6 heteroatoms. The number of carbonyl (C=O) groups excluding carboxylic acids is 1. The highest BCUT2D eigenvalue weighted by Gasteiger charge is 2.45. The van der Waals surface area contributed by atoms with Crippen LogP contribution in [0.3, 0.4) is 0 Å². The van der Waals surface area contributed by atoms with E-state index in [0.29, 0.717) is 18.9 Å². The average molecular weight is 353 g/mol. The molecule has 0 aromatic carbocycles. The van der Waals surface area contributed by atoms with E-state index >= 15 is 0 Å². The molecule has 4 rings (SSSR count). The van der Waals surface area contributed by atoms with Crippen molar-refractivity contribution in [3.8, 4) is 0 Å². The minimum atomic E-state index is 0.0318. The van der Waals surface area contributed by atoms with Gasteiger partial charge in [-0.15, -0.1) is 0 Å². The lowest BCUT2D eigenvalue weighted by atomic mass is 9.87. The van der Waals surface area contributed by atoms with Crippen LogP contribution in [0.25, 0.3) is 0 Å². The average Bonchev–Trinajstić information content (AvgIpc) is 3.10. The van der Waals surface area contributed by atoms with Gasteiger partial charge in [-0.3, -0.25) is 19.4 Å². The summed E-state index contributed by atoms with van der Waals surface area (Å²) in [6, 6.07) is 4.04. The van der Waals surface area contributed by atoms with Crippen molar-refractivity contribution >= 4 is 5.91 Å². The van der Waals surface area contributed by atoms with Crippen molar-refractivity contribution < 1.29 is 4.79 Å². The third-order valence-corrected chi connectivity index (χ3v) is 5.94. The molecule has 2 fully saturated rings. The molecule has 2 saturated heterocycles. The Balaban J connectivity index is 1.46. The molecule has 6 nitrogen and oxygen atoms in total. The molecule has 0 bridgehead atoms. The first-order valence-electron chi connectivity index (χ1n) is 9.54. The van der Waals surface area contributed by atoms with Gasteiger partial charge in [0.05, 0.1) is 6.20 Å². The van der Waals surface area contributed by atoms with Gasteiger partial charge < -0.3 is 4.90 Å². The van der Waals surface area contributed by atoms with E-state index in [4.69, 9.17) is 0 Å². The molecule has 2 aliphatic heterocycles. The van der Waals surface area contributed by atoms with E-state index in [1.54, 1.807) is 0 Å². The summed E-state index contributed by atoms with van der Waals surface area (Å²) < 4.78 is 1.86. The molecule has 4 heterocycles. The molecule has 0 saturated carbocycles. The number of hydrogen-bond donors (Lipinski definition) is 0. The van der Waals surface area contributed by atoms with Gasteiger partial charge in [-0.1, -0.05) is 0 Å². The smallest absolute Gasteiger partial charge is 0.223 e. The molecule has 138 valence electrons. The first kappa shape index (κ1) is 17.2. The highest BCUT2D eigenvalue weighted by atomic mass is 16.2.